The van der Waals surface area contributed by atoms with Gasteiger partial charge in [0.15, 0.2) is 0 Å². The fourth-order valence-corrected chi connectivity index (χ4v) is 2.52. The normalized spacial score (nSPS) is 11.0. The molecule has 1 N–H and O–H groups in total. The zero-order valence-electron chi connectivity index (χ0n) is 12.3. The number of hydrogen-bond donors (Lipinski definition) is 1. The molecule has 0 saturated carbocycles. The number of rotatable bonds is 5. The first-order valence-corrected chi connectivity index (χ1v) is 7.72. The Kier molecular flexibility index (Phi) is 5.33. The molecule has 2 aromatic rings. The molecule has 120 valence electrons. The minimum Gasteiger partial charge on any atom is -0.871 e. The highest BCUT2D eigenvalue weighted by Crippen LogP contribution is 2.31. The monoisotopic (exact) mass is 377 g/mol. The zero-order valence-corrected chi connectivity index (χ0v) is 13.9. The van der Waals surface area contributed by atoms with Gasteiger partial charge in [-0.25, -0.2) is 0 Å². The smallest absolute Gasteiger partial charge is 0.271 e. The molecule has 0 atom stereocenters. The van der Waals surface area contributed by atoms with Crippen LogP contribution >= 0.6 is 15.9 Å². The fraction of sp³-hybridized carbons (Fsp3) is 0.188. The Hall–Kier alpha value is -2.41. The fourth-order valence-electron chi connectivity index (χ4n) is 2.06. The van der Waals surface area contributed by atoms with Gasteiger partial charge >= 0.3 is 0 Å². The molecule has 0 aromatic heterocycles. The number of hydrogen-bond acceptors (Lipinski definition) is 5. The SMILES string of the molecule is CCCc1ccc(O)c(N=Cc2cc([N+](=O)[O-])cc(Br)c2[O-])c1. The summed E-state index contributed by atoms with van der Waals surface area (Å²) in [6.45, 7) is 2.04. The van der Waals surface area contributed by atoms with E-state index in [9.17, 15) is 20.3 Å². The van der Waals surface area contributed by atoms with Crippen LogP contribution in [-0.2, 0) is 6.42 Å². The highest BCUT2D eigenvalue weighted by Gasteiger charge is 2.09. The highest BCUT2D eigenvalue weighted by molar-refractivity contribution is 9.10. The Morgan fingerprint density at radius 1 is 1.35 bits per heavy atom. The van der Waals surface area contributed by atoms with Crippen molar-refractivity contribution in [3.8, 4) is 11.5 Å². The summed E-state index contributed by atoms with van der Waals surface area (Å²) in [5, 5.41) is 32.7. The second kappa shape index (κ2) is 7.23. The molecule has 0 aliphatic rings. The molecule has 0 radical (unpaired) electrons. The molecule has 0 amide bonds. The molecule has 2 aromatic carbocycles. The minimum atomic E-state index is -0.582. The summed E-state index contributed by atoms with van der Waals surface area (Å²) in [5.41, 5.74) is 1.20. The van der Waals surface area contributed by atoms with Gasteiger partial charge in [-0.3, -0.25) is 15.1 Å². The molecular formula is C16H14BrN2O4-. The number of phenolic OH excluding ortho intramolecular Hbond substituents is 1. The van der Waals surface area contributed by atoms with E-state index >= 15 is 0 Å². The van der Waals surface area contributed by atoms with E-state index < -0.39 is 10.7 Å². The third-order valence-corrected chi connectivity index (χ3v) is 3.78. The van der Waals surface area contributed by atoms with E-state index in [0.29, 0.717) is 5.69 Å². The Bertz CT molecular complexity index is 775. The molecule has 23 heavy (non-hydrogen) atoms. The lowest BCUT2D eigenvalue weighted by molar-refractivity contribution is -0.385. The number of nitrogens with zero attached hydrogens (tertiary/aromatic N) is 2. The van der Waals surface area contributed by atoms with Gasteiger partial charge in [-0.15, -0.1) is 0 Å². The van der Waals surface area contributed by atoms with E-state index in [1.165, 1.54) is 6.21 Å². The lowest BCUT2D eigenvalue weighted by Gasteiger charge is -2.12. The minimum absolute atomic E-state index is 0.0157. The van der Waals surface area contributed by atoms with Crippen molar-refractivity contribution >= 4 is 33.5 Å². The summed E-state index contributed by atoms with van der Waals surface area (Å²) in [4.78, 5) is 14.4. The molecule has 0 aliphatic heterocycles. The van der Waals surface area contributed by atoms with E-state index in [0.717, 1.165) is 30.5 Å². The quantitative estimate of drug-likeness (QED) is 0.485. The maximum Gasteiger partial charge on any atom is 0.271 e. The Morgan fingerprint density at radius 2 is 2.09 bits per heavy atom. The molecule has 0 heterocycles. The maximum absolute atomic E-state index is 12.0. The van der Waals surface area contributed by atoms with Crippen LogP contribution in [0.1, 0.15) is 24.5 Å². The number of nitro groups is 1. The van der Waals surface area contributed by atoms with Crippen molar-refractivity contribution in [3.05, 3.63) is 56.0 Å². The zero-order chi connectivity index (χ0) is 17.0. The van der Waals surface area contributed by atoms with Crippen molar-refractivity contribution < 1.29 is 15.1 Å². The van der Waals surface area contributed by atoms with Gasteiger partial charge in [0.25, 0.3) is 5.69 Å². The van der Waals surface area contributed by atoms with Crippen molar-refractivity contribution in [2.45, 2.75) is 19.8 Å². The summed E-state index contributed by atoms with van der Waals surface area (Å²) in [6, 6.07) is 7.38. The molecule has 0 saturated heterocycles. The molecule has 2 rings (SSSR count). The van der Waals surface area contributed by atoms with Gasteiger partial charge < -0.3 is 10.2 Å². The standard InChI is InChI=1S/C16H15BrN2O4/c1-2-3-10-4-5-15(20)14(6-10)18-9-11-7-12(19(22)23)8-13(17)16(11)21/h4-9,20-21H,2-3H2,1H3/p-1. The molecule has 7 heteroatoms. The van der Waals surface area contributed by atoms with Crippen LogP contribution in [0.5, 0.6) is 11.5 Å². The number of aliphatic imine (C=N–C) groups is 1. The maximum atomic E-state index is 12.0. The van der Waals surface area contributed by atoms with Gasteiger partial charge in [0.2, 0.25) is 0 Å². The number of phenols is 1. The predicted molar refractivity (Wildman–Crippen MR) is 89.6 cm³/mol. The topological polar surface area (TPSA) is 98.8 Å². The first-order chi connectivity index (χ1) is 10.9. The third-order valence-electron chi connectivity index (χ3n) is 3.19. The van der Waals surface area contributed by atoms with Crippen LogP contribution in [0.2, 0.25) is 0 Å². The van der Waals surface area contributed by atoms with Gasteiger partial charge in [0, 0.05) is 22.8 Å². The van der Waals surface area contributed by atoms with Crippen LogP contribution in [0.15, 0.2) is 39.8 Å². The number of aryl methyl sites for hydroxylation is 1. The van der Waals surface area contributed by atoms with Crippen LogP contribution in [0.25, 0.3) is 0 Å². The molecule has 0 fully saturated rings. The van der Waals surface area contributed by atoms with Gasteiger partial charge in [0.1, 0.15) is 11.4 Å². The second-order valence-corrected chi connectivity index (χ2v) is 5.79. The molecule has 0 bridgehead atoms. The van der Waals surface area contributed by atoms with Crippen molar-refractivity contribution in [1.82, 2.24) is 0 Å². The van der Waals surface area contributed by atoms with E-state index in [1.54, 1.807) is 18.2 Å². The summed E-state index contributed by atoms with van der Waals surface area (Å²) < 4.78 is 0.0945. The number of aromatic hydroxyl groups is 1. The number of non-ortho nitro benzene ring substituents is 1. The van der Waals surface area contributed by atoms with Crippen LogP contribution in [-0.4, -0.2) is 16.2 Å². The molecular weight excluding hydrogens is 364 g/mol. The van der Waals surface area contributed by atoms with E-state index in [4.69, 9.17) is 0 Å². The molecule has 0 spiro atoms. The van der Waals surface area contributed by atoms with Crippen molar-refractivity contribution in [3.63, 3.8) is 0 Å². The van der Waals surface area contributed by atoms with Gasteiger partial charge in [-0.05, 0) is 29.7 Å². The Balaban J connectivity index is 2.40. The second-order valence-electron chi connectivity index (χ2n) is 4.93. The summed E-state index contributed by atoms with van der Waals surface area (Å²) >= 11 is 3.01. The highest BCUT2D eigenvalue weighted by atomic mass is 79.9. The number of nitro benzene ring substituents is 1. The summed E-state index contributed by atoms with van der Waals surface area (Å²) in [7, 11) is 0. The Labute approximate surface area is 141 Å². The van der Waals surface area contributed by atoms with Crippen molar-refractivity contribution in [1.29, 1.82) is 0 Å². The lowest BCUT2D eigenvalue weighted by Crippen LogP contribution is -1.99. The van der Waals surface area contributed by atoms with Gasteiger partial charge in [-0.2, -0.15) is 0 Å². The van der Waals surface area contributed by atoms with Crippen LogP contribution in [0.4, 0.5) is 11.4 Å². The predicted octanol–water partition coefficient (Wildman–Crippen LogP) is 3.84. The molecule has 0 aliphatic carbocycles. The van der Waals surface area contributed by atoms with E-state index in [-0.39, 0.29) is 21.5 Å². The average molecular weight is 378 g/mol. The summed E-state index contributed by atoms with van der Waals surface area (Å²) in [6.07, 6.45) is 3.03. The van der Waals surface area contributed by atoms with Gasteiger partial charge in [-0.1, -0.05) is 41.1 Å². The van der Waals surface area contributed by atoms with Crippen molar-refractivity contribution in [2.75, 3.05) is 0 Å². The molecule has 0 unspecified atom stereocenters. The first-order valence-electron chi connectivity index (χ1n) is 6.93. The van der Waals surface area contributed by atoms with Gasteiger partial charge in [0.05, 0.1) is 4.92 Å². The van der Waals surface area contributed by atoms with E-state index in [1.807, 2.05) is 6.92 Å². The lowest BCUT2D eigenvalue weighted by atomic mass is 10.1. The Morgan fingerprint density at radius 3 is 2.74 bits per heavy atom. The van der Waals surface area contributed by atoms with E-state index in [2.05, 4.69) is 20.9 Å². The summed E-state index contributed by atoms with van der Waals surface area (Å²) in [5.74, 6) is -0.415. The number of benzene rings is 2. The number of halogens is 1. The first kappa shape index (κ1) is 17.0. The van der Waals surface area contributed by atoms with Crippen LogP contribution in [0, 0.1) is 10.1 Å². The van der Waals surface area contributed by atoms with Crippen LogP contribution in [0.3, 0.4) is 0 Å². The third kappa shape index (κ3) is 4.07. The average Bonchev–Trinajstić information content (AvgIpc) is 2.51. The van der Waals surface area contributed by atoms with Crippen LogP contribution < -0.4 is 5.11 Å². The largest absolute Gasteiger partial charge is 0.871 e. The molecule has 6 nitrogen and oxygen atoms in total. The van der Waals surface area contributed by atoms with Crippen molar-refractivity contribution in [2.24, 2.45) is 4.99 Å².